The Hall–Kier alpha value is -0.570. The van der Waals surface area contributed by atoms with Gasteiger partial charge in [0.25, 0.3) is 0 Å². The molecule has 0 heterocycles. The molecule has 0 amide bonds. The quantitative estimate of drug-likeness (QED) is 0.337. The van der Waals surface area contributed by atoms with Crippen molar-refractivity contribution in [3.8, 4) is 0 Å². The van der Waals surface area contributed by atoms with E-state index < -0.39 is 0 Å². The molecule has 0 fully saturated rings. The average Bonchev–Trinajstić information content (AvgIpc) is 2.43. The van der Waals surface area contributed by atoms with Crippen LogP contribution in [0.2, 0.25) is 0 Å². The number of rotatable bonds is 14. The van der Waals surface area contributed by atoms with Gasteiger partial charge in [-0.3, -0.25) is 4.79 Å². The maximum atomic E-state index is 10.7. The first-order valence-corrected chi connectivity index (χ1v) is 8.45. The first-order valence-electron chi connectivity index (χ1n) is 8.45. The maximum Gasteiger partial charge on any atom is 0.302 e. The molecular weight excluding hydrogens is 252 g/mol. The summed E-state index contributed by atoms with van der Waals surface area (Å²) < 4.78 is 10.8. The number of unbranched alkanes of at least 4 members (excludes halogenated alkanes) is 7. The summed E-state index contributed by atoms with van der Waals surface area (Å²) in [7, 11) is 0. The Balaban J connectivity index is 3.31. The molecule has 0 saturated carbocycles. The molecule has 0 spiro atoms. The molecule has 0 aliphatic heterocycles. The lowest BCUT2D eigenvalue weighted by atomic mass is 10.1. The van der Waals surface area contributed by atoms with E-state index in [0.717, 1.165) is 25.9 Å². The second kappa shape index (κ2) is 14.8. The lowest BCUT2D eigenvalue weighted by Gasteiger charge is -2.15. The second-order valence-electron chi connectivity index (χ2n) is 5.50. The van der Waals surface area contributed by atoms with Crippen molar-refractivity contribution in [2.24, 2.45) is 0 Å². The summed E-state index contributed by atoms with van der Waals surface area (Å²) in [5, 5.41) is 0. The Morgan fingerprint density at radius 1 is 0.900 bits per heavy atom. The fourth-order valence-electron chi connectivity index (χ4n) is 2.23. The van der Waals surface area contributed by atoms with E-state index in [-0.39, 0.29) is 12.1 Å². The Kier molecular flexibility index (Phi) is 14.4. The SMILES string of the molecule is CCCCCCCCCCOC(CC)CCOC(C)=O. The van der Waals surface area contributed by atoms with Gasteiger partial charge >= 0.3 is 5.97 Å². The zero-order valence-corrected chi connectivity index (χ0v) is 13.8. The molecule has 3 heteroatoms. The molecule has 1 atom stereocenters. The summed E-state index contributed by atoms with van der Waals surface area (Å²) in [5.74, 6) is -0.206. The summed E-state index contributed by atoms with van der Waals surface area (Å²) in [5.41, 5.74) is 0. The molecule has 0 aliphatic carbocycles. The predicted octanol–water partition coefficient (Wildman–Crippen LogP) is 4.88. The molecule has 0 bridgehead atoms. The largest absolute Gasteiger partial charge is 0.466 e. The highest BCUT2D eigenvalue weighted by atomic mass is 16.5. The van der Waals surface area contributed by atoms with Crippen LogP contribution in [0.1, 0.15) is 85.0 Å². The summed E-state index contributed by atoms with van der Waals surface area (Å²) in [6, 6.07) is 0. The van der Waals surface area contributed by atoms with Crippen molar-refractivity contribution in [1.82, 2.24) is 0 Å². The van der Waals surface area contributed by atoms with Crippen LogP contribution in [0, 0.1) is 0 Å². The number of carbonyl (C=O) groups excluding carboxylic acids is 1. The number of ether oxygens (including phenoxy) is 2. The maximum absolute atomic E-state index is 10.7. The van der Waals surface area contributed by atoms with Crippen LogP contribution in [0.15, 0.2) is 0 Å². The van der Waals surface area contributed by atoms with Crippen LogP contribution in [0.3, 0.4) is 0 Å². The second-order valence-corrected chi connectivity index (χ2v) is 5.50. The van der Waals surface area contributed by atoms with Crippen LogP contribution >= 0.6 is 0 Å². The van der Waals surface area contributed by atoms with Gasteiger partial charge in [0.15, 0.2) is 0 Å². The van der Waals surface area contributed by atoms with Gasteiger partial charge in [0.2, 0.25) is 0 Å². The molecular formula is C17H34O3. The van der Waals surface area contributed by atoms with Crippen molar-refractivity contribution >= 4 is 5.97 Å². The van der Waals surface area contributed by atoms with Crippen molar-refractivity contribution in [3.63, 3.8) is 0 Å². The van der Waals surface area contributed by atoms with E-state index in [1.807, 2.05) is 0 Å². The van der Waals surface area contributed by atoms with E-state index in [0.29, 0.717) is 6.61 Å². The molecule has 20 heavy (non-hydrogen) atoms. The van der Waals surface area contributed by atoms with Gasteiger partial charge in [-0.15, -0.1) is 0 Å². The fraction of sp³-hybridized carbons (Fsp3) is 0.941. The summed E-state index contributed by atoms with van der Waals surface area (Å²) >= 11 is 0. The van der Waals surface area contributed by atoms with Crippen molar-refractivity contribution < 1.29 is 14.3 Å². The Labute approximate surface area is 125 Å². The smallest absolute Gasteiger partial charge is 0.302 e. The Morgan fingerprint density at radius 2 is 1.50 bits per heavy atom. The van der Waals surface area contributed by atoms with E-state index in [2.05, 4.69) is 13.8 Å². The van der Waals surface area contributed by atoms with E-state index in [9.17, 15) is 4.79 Å². The molecule has 0 aliphatic rings. The lowest BCUT2D eigenvalue weighted by molar-refractivity contribution is -0.141. The molecule has 0 saturated heterocycles. The minimum Gasteiger partial charge on any atom is -0.466 e. The molecule has 0 radical (unpaired) electrons. The average molecular weight is 286 g/mol. The number of hydrogen-bond acceptors (Lipinski definition) is 3. The van der Waals surface area contributed by atoms with Crippen LogP contribution < -0.4 is 0 Å². The Morgan fingerprint density at radius 3 is 2.05 bits per heavy atom. The topological polar surface area (TPSA) is 35.5 Å². The highest BCUT2D eigenvalue weighted by Gasteiger charge is 2.07. The summed E-state index contributed by atoms with van der Waals surface area (Å²) in [4.78, 5) is 10.7. The monoisotopic (exact) mass is 286 g/mol. The highest BCUT2D eigenvalue weighted by Crippen LogP contribution is 2.10. The molecule has 0 aromatic rings. The molecule has 120 valence electrons. The van der Waals surface area contributed by atoms with Gasteiger partial charge in [0, 0.05) is 20.0 Å². The van der Waals surface area contributed by atoms with Gasteiger partial charge in [-0.1, -0.05) is 58.8 Å². The molecule has 1 unspecified atom stereocenters. The third kappa shape index (κ3) is 13.9. The van der Waals surface area contributed by atoms with Crippen molar-refractivity contribution in [2.75, 3.05) is 13.2 Å². The van der Waals surface area contributed by atoms with Gasteiger partial charge in [0.05, 0.1) is 12.7 Å². The minimum atomic E-state index is -0.206. The third-order valence-electron chi connectivity index (χ3n) is 3.55. The molecule has 3 nitrogen and oxygen atoms in total. The normalized spacial score (nSPS) is 12.3. The van der Waals surface area contributed by atoms with E-state index in [4.69, 9.17) is 9.47 Å². The van der Waals surface area contributed by atoms with Gasteiger partial charge in [-0.05, 0) is 12.8 Å². The summed E-state index contributed by atoms with van der Waals surface area (Å²) in [6.07, 6.45) is 12.6. The van der Waals surface area contributed by atoms with Gasteiger partial charge in [-0.2, -0.15) is 0 Å². The van der Waals surface area contributed by atoms with Crippen LogP contribution in [0.5, 0.6) is 0 Å². The predicted molar refractivity (Wildman–Crippen MR) is 83.9 cm³/mol. The van der Waals surface area contributed by atoms with Crippen molar-refractivity contribution in [3.05, 3.63) is 0 Å². The third-order valence-corrected chi connectivity index (χ3v) is 3.55. The molecule has 0 rings (SSSR count). The van der Waals surface area contributed by atoms with Crippen molar-refractivity contribution in [1.29, 1.82) is 0 Å². The van der Waals surface area contributed by atoms with Gasteiger partial charge in [0.1, 0.15) is 0 Å². The lowest BCUT2D eigenvalue weighted by Crippen LogP contribution is -2.16. The van der Waals surface area contributed by atoms with E-state index in [1.54, 1.807) is 0 Å². The first-order chi connectivity index (χ1) is 9.70. The highest BCUT2D eigenvalue weighted by molar-refractivity contribution is 5.65. The van der Waals surface area contributed by atoms with Crippen LogP contribution in [0.25, 0.3) is 0 Å². The van der Waals surface area contributed by atoms with Crippen molar-refractivity contribution in [2.45, 2.75) is 91.1 Å². The molecule has 0 aromatic carbocycles. The minimum absolute atomic E-state index is 0.206. The number of carbonyl (C=O) groups is 1. The first kappa shape index (κ1) is 19.4. The Bertz CT molecular complexity index is 216. The fourth-order valence-corrected chi connectivity index (χ4v) is 2.23. The van der Waals surface area contributed by atoms with Gasteiger partial charge in [-0.25, -0.2) is 0 Å². The zero-order valence-electron chi connectivity index (χ0n) is 13.8. The molecule has 0 aromatic heterocycles. The number of esters is 1. The van der Waals surface area contributed by atoms with Crippen LogP contribution in [0.4, 0.5) is 0 Å². The van der Waals surface area contributed by atoms with E-state index >= 15 is 0 Å². The zero-order chi connectivity index (χ0) is 15.1. The standard InChI is InChI=1S/C17H34O3/c1-4-6-7-8-9-10-11-12-14-20-17(5-2)13-15-19-16(3)18/h17H,4-15H2,1-3H3. The summed E-state index contributed by atoms with van der Waals surface area (Å²) in [6.45, 7) is 7.14. The van der Waals surface area contributed by atoms with E-state index in [1.165, 1.54) is 51.9 Å². The van der Waals surface area contributed by atoms with Crippen LogP contribution in [-0.2, 0) is 14.3 Å². The number of hydrogen-bond donors (Lipinski definition) is 0. The van der Waals surface area contributed by atoms with Gasteiger partial charge < -0.3 is 9.47 Å². The van der Waals surface area contributed by atoms with Crippen LogP contribution in [-0.4, -0.2) is 25.3 Å². The molecule has 0 N–H and O–H groups in total.